The number of nitrogens with zero attached hydrogens (tertiary/aromatic N) is 4. The zero-order valence-corrected chi connectivity index (χ0v) is 31.3. The van der Waals surface area contributed by atoms with Gasteiger partial charge >= 0.3 is 5.97 Å². The second-order valence-corrected chi connectivity index (χ2v) is 16.9. The van der Waals surface area contributed by atoms with Crippen molar-refractivity contribution in [1.82, 2.24) is 14.8 Å². The summed E-state index contributed by atoms with van der Waals surface area (Å²) in [4.78, 5) is 52.4. The van der Waals surface area contributed by atoms with Crippen LogP contribution in [0.3, 0.4) is 0 Å². The minimum atomic E-state index is -1.15. The van der Waals surface area contributed by atoms with Gasteiger partial charge in [0.15, 0.2) is 23.6 Å². The van der Waals surface area contributed by atoms with Crippen molar-refractivity contribution in [1.29, 1.82) is 0 Å². The predicted octanol–water partition coefficient (Wildman–Crippen LogP) is 6.04. The van der Waals surface area contributed by atoms with E-state index in [0.717, 1.165) is 30.1 Å². The minimum absolute atomic E-state index is 0.191. The van der Waals surface area contributed by atoms with E-state index in [2.05, 4.69) is 25.7 Å². The van der Waals surface area contributed by atoms with Gasteiger partial charge in [-0.05, 0) is 62.4 Å². The summed E-state index contributed by atoms with van der Waals surface area (Å²) in [5, 5.41) is 13.5. The first kappa shape index (κ1) is 38.5. The van der Waals surface area contributed by atoms with Gasteiger partial charge in [-0.1, -0.05) is 86.8 Å². The molecule has 12 nitrogen and oxygen atoms in total. The maximum atomic E-state index is 13.4. The monoisotopic (exact) mass is 740 g/mol. The number of carbonyl (C=O) groups excluding carboxylic acids is 2. The van der Waals surface area contributed by atoms with E-state index in [1.807, 2.05) is 18.2 Å². The first-order valence-electron chi connectivity index (χ1n) is 17.5. The number of ether oxygens (including phenoxy) is 2. The van der Waals surface area contributed by atoms with Gasteiger partial charge in [-0.25, -0.2) is 9.80 Å². The number of nitroso groups, excluding NO2 is 1. The lowest BCUT2D eigenvalue weighted by molar-refractivity contribution is -0.172. The molecular formula is C37H48N4O8S2. The van der Waals surface area contributed by atoms with E-state index in [1.165, 1.54) is 64.2 Å². The van der Waals surface area contributed by atoms with Gasteiger partial charge in [-0.2, -0.15) is 0 Å². The Kier molecular flexibility index (Phi) is 12.6. The number of benzene rings is 2. The molecule has 6 rings (SSSR count). The van der Waals surface area contributed by atoms with Crippen molar-refractivity contribution >= 4 is 40.7 Å². The number of unbranched alkanes of at least 4 members (excludes halogenated alkanes) is 5. The summed E-state index contributed by atoms with van der Waals surface area (Å²) in [6, 6.07) is 11.9. The van der Waals surface area contributed by atoms with Crippen LogP contribution in [0.25, 0.3) is 0 Å². The molecule has 14 heteroatoms. The fraction of sp³-hybridized carbons (Fsp3) is 0.541. The average Bonchev–Trinajstić information content (AvgIpc) is 3.65. The molecule has 51 heavy (non-hydrogen) atoms. The van der Waals surface area contributed by atoms with Gasteiger partial charge in [-0.15, -0.1) is 16.7 Å². The van der Waals surface area contributed by atoms with Crippen molar-refractivity contribution in [3.05, 3.63) is 76.7 Å². The zero-order chi connectivity index (χ0) is 36.9. The van der Waals surface area contributed by atoms with Crippen molar-refractivity contribution in [3.8, 4) is 11.5 Å². The van der Waals surface area contributed by atoms with Crippen LogP contribution >= 0.6 is 11.8 Å². The Morgan fingerprint density at radius 1 is 1.08 bits per heavy atom. The molecule has 0 bridgehead atoms. The highest BCUT2D eigenvalue weighted by molar-refractivity contribution is 8.00. The van der Waals surface area contributed by atoms with Gasteiger partial charge in [0, 0.05) is 12.2 Å². The van der Waals surface area contributed by atoms with Gasteiger partial charge in [0.2, 0.25) is 6.79 Å². The molecule has 5 unspecified atom stereocenters. The minimum Gasteiger partial charge on any atom is -0.616 e. The van der Waals surface area contributed by atoms with Gasteiger partial charge in [0.1, 0.15) is 28.1 Å². The molecule has 1 N–H and O–H groups in total. The Morgan fingerprint density at radius 2 is 1.76 bits per heavy atom. The first-order chi connectivity index (χ1) is 24.4. The number of hydrogen-bond donors (Lipinski definition) is 1. The second-order valence-electron chi connectivity index (χ2n) is 13.8. The van der Waals surface area contributed by atoms with Crippen LogP contribution in [0.2, 0.25) is 0 Å². The summed E-state index contributed by atoms with van der Waals surface area (Å²) in [5.74, 6) is 0.820. The van der Waals surface area contributed by atoms with E-state index in [0.29, 0.717) is 23.7 Å². The van der Waals surface area contributed by atoms with E-state index >= 15 is 0 Å². The van der Waals surface area contributed by atoms with Crippen LogP contribution in [0.15, 0.2) is 66.0 Å². The topological polar surface area (TPSA) is 152 Å². The van der Waals surface area contributed by atoms with E-state index in [9.17, 15) is 28.9 Å². The van der Waals surface area contributed by atoms with Crippen LogP contribution < -0.4 is 9.47 Å². The highest BCUT2D eigenvalue weighted by Gasteiger charge is 2.65. The number of thioether (sulfide) groups is 1. The second kappa shape index (κ2) is 16.7. The van der Waals surface area contributed by atoms with Crippen LogP contribution in [0.4, 0.5) is 0 Å². The van der Waals surface area contributed by atoms with Crippen LogP contribution in [0, 0.1) is 4.91 Å². The van der Waals surface area contributed by atoms with Gasteiger partial charge < -0.3 is 28.9 Å². The van der Waals surface area contributed by atoms with E-state index in [-0.39, 0.29) is 5.25 Å². The number of β-lactam (4-membered cyclic amide) rings is 1. The molecule has 0 aliphatic carbocycles. The van der Waals surface area contributed by atoms with Crippen LogP contribution in [-0.2, 0) is 32.0 Å². The number of aliphatic carboxylic acids is 1. The molecule has 4 heterocycles. The molecule has 4 aliphatic heterocycles. The number of carboxylic acids is 1. The van der Waals surface area contributed by atoms with Gasteiger partial charge in [-0.3, -0.25) is 9.59 Å². The Hall–Kier alpha value is -3.75. The highest BCUT2D eigenvalue weighted by Crippen LogP contribution is 2.49. The Balaban J connectivity index is 0.000000206. The molecule has 2 amide bonds. The van der Waals surface area contributed by atoms with Crippen LogP contribution in [0.5, 0.6) is 11.5 Å². The zero-order valence-electron chi connectivity index (χ0n) is 29.7. The predicted molar refractivity (Wildman–Crippen MR) is 197 cm³/mol. The summed E-state index contributed by atoms with van der Waals surface area (Å²) in [7, 11) is 0. The van der Waals surface area contributed by atoms with Crippen molar-refractivity contribution in [2.24, 2.45) is 5.29 Å². The molecule has 0 aromatic heterocycles. The molecule has 0 radical (unpaired) electrons. The third-order valence-corrected chi connectivity index (χ3v) is 13.0. The van der Waals surface area contributed by atoms with Crippen LogP contribution in [0.1, 0.15) is 83.4 Å². The van der Waals surface area contributed by atoms with Crippen molar-refractivity contribution < 1.29 is 33.5 Å². The molecule has 0 spiro atoms. The summed E-state index contributed by atoms with van der Waals surface area (Å²) in [6.07, 6.45) is 8.32. The van der Waals surface area contributed by atoms with Gasteiger partial charge in [0.05, 0.1) is 5.29 Å². The molecule has 3 saturated heterocycles. The third-order valence-electron chi connectivity index (χ3n) is 9.85. The third kappa shape index (κ3) is 8.02. The molecular weight excluding hydrogens is 693 g/mol. The number of carbonyl (C=O) groups is 3. The van der Waals surface area contributed by atoms with E-state index in [4.69, 9.17) is 9.47 Å². The highest BCUT2D eigenvalue weighted by atomic mass is 32.2. The number of amides is 2. The summed E-state index contributed by atoms with van der Waals surface area (Å²) in [6.45, 7) is 11.7. The smallest absolute Gasteiger partial charge is 0.330 e. The molecule has 3 fully saturated rings. The largest absolute Gasteiger partial charge is 0.616 e. The maximum Gasteiger partial charge on any atom is 0.330 e. The summed E-state index contributed by atoms with van der Waals surface area (Å²) >= 11 is 0.628. The maximum absolute atomic E-state index is 13.4. The normalized spacial score (nSPS) is 24.3. The Labute approximate surface area is 307 Å². The quantitative estimate of drug-likeness (QED) is 0.0798. The fourth-order valence-corrected chi connectivity index (χ4v) is 9.73. The lowest BCUT2D eigenvalue weighted by Gasteiger charge is -2.56. The standard InChI is InChI=1S/C19H20N4O5S.C18H28O3S/c1-10-9-29-17-14(15(24)21(17)12(10)18(26)27)22-16(25)13(11-7-5-4-6-8-11)23(20-28)19(22,2)3;1-3-4-5-6-7-8-11-22(19)15(2)12-16-9-10-17-18(13-16)21-14-20-17/h4-8,12-14,17H,1,9H2,2-3H3,(H,26,27);9-10,13,15H,3-8,11-12,14H2,1-2H3/t12?,13?,14?,17-;/m1./s1. The molecule has 6 atom stereocenters. The molecule has 276 valence electrons. The Morgan fingerprint density at radius 3 is 2.45 bits per heavy atom. The molecule has 2 aromatic rings. The Bertz CT molecular complexity index is 1590. The number of fused-ring (bicyclic) bond motifs is 2. The average molecular weight is 741 g/mol. The lowest BCUT2D eigenvalue weighted by atomic mass is 9.95. The van der Waals surface area contributed by atoms with Crippen molar-refractivity contribution in [2.45, 2.75) is 107 Å². The van der Waals surface area contributed by atoms with Crippen molar-refractivity contribution in [2.75, 3.05) is 18.3 Å². The molecule has 2 aromatic carbocycles. The van der Waals surface area contributed by atoms with Gasteiger partial charge in [0.25, 0.3) is 11.8 Å². The summed E-state index contributed by atoms with van der Waals surface area (Å²) in [5.41, 5.74) is 1.06. The fourth-order valence-electron chi connectivity index (χ4n) is 7.11. The lowest BCUT2D eigenvalue weighted by Crippen LogP contribution is -2.76. The molecule has 4 aliphatic rings. The van der Waals surface area contributed by atoms with E-state index in [1.54, 1.807) is 44.2 Å². The number of carboxylic acid groups (broad SMARTS) is 1. The SMILES string of the molecule is C=C1CS[C@@H]2C(N3C(=O)C(c4ccccc4)N(N=O)C3(C)C)C(=O)N2C1C(=O)O.CCCCCCCC[S+]([O-])C(C)Cc1ccc2c(c1)OCO2. The van der Waals surface area contributed by atoms with Crippen molar-refractivity contribution in [3.63, 3.8) is 0 Å². The molecule has 0 saturated carbocycles. The van der Waals surface area contributed by atoms with Crippen LogP contribution in [-0.4, -0.2) is 88.9 Å². The first-order valence-corrected chi connectivity index (χ1v) is 20.0. The number of hydrogen-bond acceptors (Lipinski definition) is 9. The summed E-state index contributed by atoms with van der Waals surface area (Å²) < 4.78 is 23.0. The van der Waals surface area contributed by atoms with E-state index < -0.39 is 58.1 Å². The number of rotatable bonds is 14.